The fourth-order valence-electron chi connectivity index (χ4n) is 2.45. The zero-order valence-corrected chi connectivity index (χ0v) is 12.9. The van der Waals surface area contributed by atoms with E-state index in [2.05, 4.69) is 37.8 Å². The highest BCUT2D eigenvalue weighted by Gasteiger charge is 2.33. The van der Waals surface area contributed by atoms with Gasteiger partial charge in [0, 0.05) is 12.5 Å². The van der Waals surface area contributed by atoms with Crippen molar-refractivity contribution in [3.8, 4) is 0 Å². The molecule has 0 aliphatic rings. The Kier molecular flexibility index (Phi) is 6.90. The second-order valence-corrected chi connectivity index (χ2v) is 5.31. The van der Waals surface area contributed by atoms with Crippen molar-refractivity contribution < 1.29 is 5.11 Å². The van der Waals surface area contributed by atoms with Gasteiger partial charge in [0.25, 0.3) is 0 Å². The smallest absolute Gasteiger partial charge is 0.0931 e. The molecule has 2 unspecified atom stereocenters. The van der Waals surface area contributed by atoms with Crippen molar-refractivity contribution in [2.45, 2.75) is 32.8 Å². The van der Waals surface area contributed by atoms with Crippen LogP contribution in [0.2, 0.25) is 0 Å². The first-order valence-electron chi connectivity index (χ1n) is 6.34. The molecule has 1 N–H and O–H groups in total. The van der Waals surface area contributed by atoms with Crippen molar-refractivity contribution in [3.63, 3.8) is 0 Å². The third-order valence-corrected chi connectivity index (χ3v) is 3.51. The minimum absolute atomic E-state index is 0. The second kappa shape index (κ2) is 7.13. The summed E-state index contributed by atoms with van der Waals surface area (Å²) in [5, 5.41) is 10.9. The molecule has 2 atom stereocenters. The average Bonchev–Trinajstić information content (AvgIpc) is 2.27. The summed E-state index contributed by atoms with van der Waals surface area (Å²) in [6.07, 6.45) is 0.742. The Balaban J connectivity index is 0.00000289. The first kappa shape index (κ1) is 17.4. The van der Waals surface area contributed by atoms with Crippen LogP contribution in [-0.2, 0) is 5.60 Å². The lowest BCUT2D eigenvalue weighted by atomic mass is 9.79. The molecule has 0 radical (unpaired) electrons. The van der Waals surface area contributed by atoms with Crippen LogP contribution in [0.25, 0.3) is 0 Å². The maximum absolute atomic E-state index is 10.9. The van der Waals surface area contributed by atoms with Crippen molar-refractivity contribution >= 4 is 12.4 Å². The Morgan fingerprint density at radius 2 is 1.94 bits per heavy atom. The lowest BCUT2D eigenvalue weighted by Gasteiger charge is -2.35. The van der Waals surface area contributed by atoms with Gasteiger partial charge in [-0.15, -0.1) is 12.4 Å². The molecule has 0 saturated carbocycles. The van der Waals surface area contributed by atoms with Crippen LogP contribution in [-0.4, -0.2) is 30.6 Å². The quantitative estimate of drug-likeness (QED) is 0.889. The van der Waals surface area contributed by atoms with E-state index in [0.717, 1.165) is 18.5 Å². The second-order valence-electron chi connectivity index (χ2n) is 5.31. The number of aliphatic hydroxyl groups is 1. The van der Waals surface area contributed by atoms with Crippen molar-refractivity contribution in [1.29, 1.82) is 0 Å². The van der Waals surface area contributed by atoms with Gasteiger partial charge in [-0.1, -0.05) is 43.7 Å². The van der Waals surface area contributed by atoms with Gasteiger partial charge < -0.3 is 10.0 Å². The molecule has 1 aromatic carbocycles. The standard InChI is InChI=1S/C15H25NO.ClH/c1-6-15(17,13(3)11-16(4)5)14-9-7-8-12(2)10-14;/h7-10,13,17H,6,11H2,1-5H3;1H. The van der Waals surface area contributed by atoms with Gasteiger partial charge in [0.2, 0.25) is 0 Å². The topological polar surface area (TPSA) is 23.5 Å². The minimum atomic E-state index is -0.726. The summed E-state index contributed by atoms with van der Waals surface area (Å²) in [6, 6.07) is 8.21. The Bertz CT molecular complexity index is 367. The molecule has 0 aliphatic heterocycles. The van der Waals surface area contributed by atoms with Crippen molar-refractivity contribution in [1.82, 2.24) is 4.90 Å². The number of aryl methyl sites for hydroxylation is 1. The molecule has 0 spiro atoms. The predicted octanol–water partition coefficient (Wildman–Crippen LogP) is 3.21. The molecule has 1 rings (SSSR count). The molecular weight excluding hydrogens is 246 g/mol. The van der Waals surface area contributed by atoms with Gasteiger partial charge in [0.05, 0.1) is 5.60 Å². The predicted molar refractivity (Wildman–Crippen MR) is 80.3 cm³/mol. The van der Waals surface area contributed by atoms with Crippen LogP contribution in [0.3, 0.4) is 0 Å². The average molecular weight is 272 g/mol. The van der Waals surface area contributed by atoms with Crippen LogP contribution >= 0.6 is 12.4 Å². The van der Waals surface area contributed by atoms with Crippen LogP contribution in [0.5, 0.6) is 0 Å². The Morgan fingerprint density at radius 3 is 2.39 bits per heavy atom. The summed E-state index contributed by atoms with van der Waals surface area (Å²) in [5.41, 5.74) is 1.51. The molecule has 0 heterocycles. The maximum Gasteiger partial charge on any atom is 0.0931 e. The van der Waals surface area contributed by atoms with Gasteiger partial charge in [-0.05, 0) is 33.0 Å². The molecule has 0 aromatic heterocycles. The van der Waals surface area contributed by atoms with Crippen LogP contribution in [0.15, 0.2) is 24.3 Å². The van der Waals surface area contributed by atoms with Crippen molar-refractivity contribution in [3.05, 3.63) is 35.4 Å². The fourth-order valence-corrected chi connectivity index (χ4v) is 2.45. The lowest BCUT2D eigenvalue weighted by molar-refractivity contribution is -0.0292. The van der Waals surface area contributed by atoms with Crippen LogP contribution in [0.1, 0.15) is 31.4 Å². The molecule has 0 bridgehead atoms. The molecule has 0 saturated heterocycles. The molecule has 0 fully saturated rings. The summed E-state index contributed by atoms with van der Waals surface area (Å²) in [6.45, 7) is 7.12. The summed E-state index contributed by atoms with van der Waals surface area (Å²) in [5.74, 6) is 0.212. The van der Waals surface area contributed by atoms with Crippen molar-refractivity contribution in [2.75, 3.05) is 20.6 Å². The first-order chi connectivity index (χ1) is 7.90. The van der Waals surface area contributed by atoms with Crippen LogP contribution < -0.4 is 0 Å². The Morgan fingerprint density at radius 1 is 1.33 bits per heavy atom. The Hall–Kier alpha value is -0.570. The fraction of sp³-hybridized carbons (Fsp3) is 0.600. The van der Waals surface area contributed by atoms with E-state index >= 15 is 0 Å². The van der Waals surface area contributed by atoms with E-state index in [4.69, 9.17) is 0 Å². The number of benzene rings is 1. The highest BCUT2D eigenvalue weighted by molar-refractivity contribution is 5.85. The van der Waals surface area contributed by atoms with Gasteiger partial charge in [-0.3, -0.25) is 0 Å². The number of hydrogen-bond donors (Lipinski definition) is 1. The van der Waals surface area contributed by atoms with E-state index in [1.165, 1.54) is 5.56 Å². The lowest BCUT2D eigenvalue weighted by Crippen LogP contribution is -2.38. The minimum Gasteiger partial charge on any atom is -0.385 e. The number of nitrogens with zero attached hydrogens (tertiary/aromatic N) is 1. The zero-order valence-electron chi connectivity index (χ0n) is 12.1. The third-order valence-electron chi connectivity index (χ3n) is 3.51. The highest BCUT2D eigenvalue weighted by Crippen LogP contribution is 2.33. The van der Waals surface area contributed by atoms with Crippen LogP contribution in [0.4, 0.5) is 0 Å². The molecule has 3 heteroatoms. The van der Waals surface area contributed by atoms with Crippen molar-refractivity contribution in [2.24, 2.45) is 5.92 Å². The summed E-state index contributed by atoms with van der Waals surface area (Å²) in [4.78, 5) is 2.13. The summed E-state index contributed by atoms with van der Waals surface area (Å²) in [7, 11) is 4.09. The Labute approximate surface area is 117 Å². The summed E-state index contributed by atoms with van der Waals surface area (Å²) >= 11 is 0. The SMILES string of the molecule is CCC(O)(c1cccc(C)c1)C(C)CN(C)C.Cl. The summed E-state index contributed by atoms with van der Waals surface area (Å²) < 4.78 is 0. The van der Waals surface area contributed by atoms with E-state index in [1.807, 2.05) is 26.2 Å². The normalized spacial score (nSPS) is 15.9. The largest absolute Gasteiger partial charge is 0.385 e. The van der Waals surface area contributed by atoms with E-state index in [1.54, 1.807) is 0 Å². The molecule has 0 amide bonds. The highest BCUT2D eigenvalue weighted by atomic mass is 35.5. The third kappa shape index (κ3) is 3.98. The maximum atomic E-state index is 10.9. The van der Waals surface area contributed by atoms with E-state index in [9.17, 15) is 5.11 Å². The van der Waals surface area contributed by atoms with E-state index in [-0.39, 0.29) is 18.3 Å². The number of hydrogen-bond acceptors (Lipinski definition) is 2. The number of halogens is 1. The molecule has 1 aromatic rings. The molecule has 18 heavy (non-hydrogen) atoms. The van der Waals surface area contributed by atoms with Crippen LogP contribution in [0, 0.1) is 12.8 Å². The van der Waals surface area contributed by atoms with E-state index in [0.29, 0.717) is 0 Å². The first-order valence-corrected chi connectivity index (χ1v) is 6.34. The van der Waals surface area contributed by atoms with Gasteiger partial charge in [0.1, 0.15) is 0 Å². The van der Waals surface area contributed by atoms with Gasteiger partial charge >= 0.3 is 0 Å². The van der Waals surface area contributed by atoms with Gasteiger partial charge in [-0.25, -0.2) is 0 Å². The molecular formula is C15H26ClNO. The molecule has 0 aliphatic carbocycles. The molecule has 2 nitrogen and oxygen atoms in total. The monoisotopic (exact) mass is 271 g/mol. The van der Waals surface area contributed by atoms with Gasteiger partial charge in [0.15, 0.2) is 0 Å². The number of rotatable bonds is 5. The van der Waals surface area contributed by atoms with E-state index < -0.39 is 5.60 Å². The molecule has 104 valence electrons. The zero-order chi connectivity index (χ0) is 13.1. The van der Waals surface area contributed by atoms with Gasteiger partial charge in [-0.2, -0.15) is 0 Å².